The van der Waals surface area contributed by atoms with E-state index in [1.165, 1.54) is 0 Å². The van der Waals surface area contributed by atoms with Gasteiger partial charge in [0.25, 0.3) is 0 Å². The number of hydrogen-bond donors (Lipinski definition) is 0. The van der Waals surface area contributed by atoms with E-state index in [4.69, 9.17) is 0 Å². The molecule has 1 aliphatic rings. The van der Waals surface area contributed by atoms with E-state index in [2.05, 4.69) is 9.97 Å². The maximum atomic E-state index is 11.9. The van der Waals surface area contributed by atoms with Crippen molar-refractivity contribution in [1.82, 2.24) is 0 Å². The third-order valence-corrected chi connectivity index (χ3v) is 2.91. The molecule has 18 heavy (non-hydrogen) atoms. The molecular formula is C12H10Li2N2O2+2. The average molecular weight is 228 g/mol. The van der Waals surface area contributed by atoms with Crippen LogP contribution in [0.25, 0.3) is 11.1 Å². The molecule has 6 heteroatoms. The minimum atomic E-state index is -1.28. The summed E-state index contributed by atoms with van der Waals surface area (Å²) in [6, 6.07) is 7.37. The van der Waals surface area contributed by atoms with Crippen LogP contribution in [0.3, 0.4) is 0 Å². The maximum absolute atomic E-state index is 11.9. The Labute approximate surface area is 129 Å². The zero-order valence-corrected chi connectivity index (χ0v) is 10.4. The normalized spacial score (nSPS) is 19.9. The van der Waals surface area contributed by atoms with Crippen molar-refractivity contribution < 1.29 is 57.9 Å². The molecule has 0 radical (unpaired) electrons. The quantitative estimate of drug-likeness (QED) is 0.420. The summed E-state index contributed by atoms with van der Waals surface area (Å²) < 4.78 is 0. The maximum Gasteiger partial charge on any atom is 1.00 e. The molecule has 0 aromatic carbocycles. The number of H-pyrrole nitrogens is 2. The number of pyridine rings is 2. The van der Waals surface area contributed by atoms with Crippen molar-refractivity contribution in [2.24, 2.45) is 0 Å². The summed E-state index contributed by atoms with van der Waals surface area (Å²) in [5.74, 6) is 0. The molecule has 2 atom stereocenters. The van der Waals surface area contributed by atoms with Crippen LogP contribution in [-0.2, 0) is 0 Å². The van der Waals surface area contributed by atoms with Gasteiger partial charge in [0.1, 0.15) is 0 Å². The van der Waals surface area contributed by atoms with Crippen LogP contribution in [0.4, 0.5) is 0 Å². The largest absolute Gasteiger partial charge is 1.00 e. The molecule has 2 aromatic rings. The summed E-state index contributed by atoms with van der Waals surface area (Å²) in [4.78, 5) is 5.77. The van der Waals surface area contributed by atoms with Gasteiger partial charge < -0.3 is 10.2 Å². The van der Waals surface area contributed by atoms with Crippen LogP contribution >= 0.6 is 0 Å². The molecule has 0 bridgehead atoms. The van der Waals surface area contributed by atoms with Gasteiger partial charge in [-0.3, -0.25) is 0 Å². The van der Waals surface area contributed by atoms with Crippen molar-refractivity contribution in [3.63, 3.8) is 0 Å². The topological polar surface area (TPSA) is 74.4 Å². The van der Waals surface area contributed by atoms with Crippen molar-refractivity contribution in [2.75, 3.05) is 0 Å². The first-order chi connectivity index (χ1) is 7.79. The van der Waals surface area contributed by atoms with E-state index in [9.17, 15) is 10.2 Å². The third-order valence-electron chi connectivity index (χ3n) is 2.91. The Kier molecular flexibility index (Phi) is 5.19. The number of aromatic nitrogens is 2. The van der Waals surface area contributed by atoms with Crippen molar-refractivity contribution in [1.29, 1.82) is 0 Å². The zero-order valence-electron chi connectivity index (χ0n) is 10.4. The van der Waals surface area contributed by atoms with Crippen LogP contribution in [0.1, 0.15) is 23.6 Å². The molecule has 2 aromatic heterocycles. The monoisotopic (exact) mass is 228 g/mol. The smallest absolute Gasteiger partial charge is 0.845 e. The predicted molar refractivity (Wildman–Crippen MR) is 50.5 cm³/mol. The molecule has 0 spiro atoms. The molecule has 2 unspecified atom stereocenters. The van der Waals surface area contributed by atoms with E-state index in [1.807, 2.05) is 24.3 Å². The Morgan fingerprint density at radius 2 is 1.17 bits per heavy atom. The van der Waals surface area contributed by atoms with Crippen molar-refractivity contribution in [3.8, 4) is 11.1 Å². The van der Waals surface area contributed by atoms with Crippen LogP contribution in [0.15, 0.2) is 36.7 Å². The number of rotatable bonds is 0. The minimum absolute atomic E-state index is 0. The fourth-order valence-electron chi connectivity index (χ4n) is 2.14. The number of hydrogen-bond acceptors (Lipinski definition) is 2. The Bertz CT molecular complexity index is 502. The molecule has 0 fully saturated rings. The predicted octanol–water partition coefficient (Wildman–Crippen LogP) is -7.19. The van der Waals surface area contributed by atoms with Gasteiger partial charge in [-0.2, -0.15) is 0 Å². The number of nitrogens with one attached hydrogen (secondary N) is 2. The average Bonchev–Trinajstić information content (AvgIpc) is 2.36. The van der Waals surface area contributed by atoms with Crippen LogP contribution in [-0.4, -0.2) is 0 Å². The summed E-state index contributed by atoms with van der Waals surface area (Å²) in [5, 5.41) is 23.8. The van der Waals surface area contributed by atoms with Gasteiger partial charge in [0.2, 0.25) is 0 Å². The minimum Gasteiger partial charge on any atom is -0.845 e. The molecular weight excluding hydrogens is 218 g/mol. The standard InChI is InChI=1S/C12H8N2O2.2Li/c15-11-9-7(3-1-5-13-9)8-4-2-6-14-10(8)12(11)16;;/h1-6,11-12H;;/q-2;2*+1/p+2. The summed E-state index contributed by atoms with van der Waals surface area (Å²) in [7, 11) is 0. The van der Waals surface area contributed by atoms with Gasteiger partial charge in [-0.1, -0.05) is 0 Å². The second-order valence-corrected chi connectivity index (χ2v) is 3.84. The summed E-state index contributed by atoms with van der Waals surface area (Å²) in [6.45, 7) is 0. The SMILES string of the molecule is [Li+].[Li+].[O-]C1c2[nH+]cccc2-c2ccc[nH+]c2C1[O-]. The van der Waals surface area contributed by atoms with E-state index in [-0.39, 0.29) is 37.7 Å². The third kappa shape index (κ3) is 2.29. The Morgan fingerprint density at radius 3 is 1.56 bits per heavy atom. The zero-order chi connectivity index (χ0) is 11.1. The fraction of sp³-hybridized carbons (Fsp3) is 0.167. The van der Waals surface area contributed by atoms with E-state index in [1.54, 1.807) is 12.4 Å². The molecule has 0 aliphatic heterocycles. The van der Waals surface area contributed by atoms with Crippen LogP contribution < -0.4 is 57.9 Å². The molecule has 0 saturated carbocycles. The van der Waals surface area contributed by atoms with Crippen molar-refractivity contribution in [2.45, 2.75) is 12.2 Å². The van der Waals surface area contributed by atoms with E-state index in [0.29, 0.717) is 11.4 Å². The number of aromatic amines is 2. The Morgan fingerprint density at radius 1 is 0.778 bits per heavy atom. The molecule has 2 heterocycles. The van der Waals surface area contributed by atoms with E-state index >= 15 is 0 Å². The van der Waals surface area contributed by atoms with Gasteiger partial charge in [-0.05, 0) is 24.3 Å². The van der Waals surface area contributed by atoms with Gasteiger partial charge >= 0.3 is 37.7 Å². The number of fused-ring (bicyclic) bond motifs is 3. The van der Waals surface area contributed by atoms with Crippen molar-refractivity contribution >= 4 is 0 Å². The molecule has 3 rings (SSSR count). The fourth-order valence-corrected chi connectivity index (χ4v) is 2.14. The van der Waals surface area contributed by atoms with Gasteiger partial charge in [-0.15, -0.1) is 0 Å². The molecule has 0 amide bonds. The molecule has 4 nitrogen and oxygen atoms in total. The molecule has 1 aliphatic carbocycles. The second-order valence-electron chi connectivity index (χ2n) is 3.84. The first kappa shape index (κ1) is 15.5. The van der Waals surface area contributed by atoms with E-state index in [0.717, 1.165) is 11.1 Å². The van der Waals surface area contributed by atoms with Crippen LogP contribution in [0.2, 0.25) is 0 Å². The Hall–Kier alpha value is -0.585. The molecule has 80 valence electrons. The van der Waals surface area contributed by atoms with Gasteiger partial charge in [-0.25, -0.2) is 9.97 Å². The second kappa shape index (κ2) is 6.04. The summed E-state index contributed by atoms with van der Waals surface area (Å²) in [6.07, 6.45) is 0.798. The molecule has 2 N–H and O–H groups in total. The summed E-state index contributed by atoms with van der Waals surface area (Å²) in [5.41, 5.74) is 2.60. The summed E-state index contributed by atoms with van der Waals surface area (Å²) >= 11 is 0. The van der Waals surface area contributed by atoms with Gasteiger partial charge in [0.15, 0.2) is 23.8 Å². The van der Waals surface area contributed by atoms with Crippen LogP contribution in [0, 0.1) is 0 Å². The molecule has 0 saturated heterocycles. The first-order valence-corrected chi connectivity index (χ1v) is 5.12. The Balaban J connectivity index is 0.000000810. The van der Waals surface area contributed by atoms with Crippen LogP contribution in [0.5, 0.6) is 0 Å². The first-order valence-electron chi connectivity index (χ1n) is 5.12. The van der Waals surface area contributed by atoms with E-state index < -0.39 is 12.2 Å². The van der Waals surface area contributed by atoms with Crippen molar-refractivity contribution in [3.05, 3.63) is 48.0 Å². The van der Waals surface area contributed by atoms with Gasteiger partial charge in [0, 0.05) is 12.1 Å². The van der Waals surface area contributed by atoms with Gasteiger partial charge in [0.05, 0.1) is 11.1 Å².